The monoisotopic (exact) mass is 202 g/mol. The van der Waals surface area contributed by atoms with Crippen molar-refractivity contribution in [2.75, 3.05) is 0 Å². The zero-order valence-corrected chi connectivity index (χ0v) is 7.95. The number of nitrogens with zero attached hydrogens (tertiary/aromatic N) is 2. The van der Waals surface area contributed by atoms with Gasteiger partial charge in [0.05, 0.1) is 6.07 Å². The lowest BCUT2D eigenvalue weighted by Gasteiger charge is -1.87. The van der Waals surface area contributed by atoms with Crippen molar-refractivity contribution in [2.24, 2.45) is 5.34 Å². The third-order valence-corrected chi connectivity index (χ3v) is 1.37. The Morgan fingerprint density at radius 2 is 1.87 bits per heavy atom. The van der Waals surface area contributed by atoms with E-state index in [2.05, 4.69) is 0 Å². The fourth-order valence-electron chi connectivity index (χ4n) is 0.829. The van der Waals surface area contributed by atoms with Gasteiger partial charge in [0.15, 0.2) is 5.34 Å². The molecule has 0 aliphatic rings. The van der Waals surface area contributed by atoms with Gasteiger partial charge >= 0.3 is 0 Å². The van der Waals surface area contributed by atoms with Crippen molar-refractivity contribution in [3.05, 3.63) is 59.0 Å². The van der Waals surface area contributed by atoms with Crippen LogP contribution in [0.15, 0.2) is 53.9 Å². The SMILES string of the molecule is N#CC=CC=Cc1ccccc1.O=NO. The lowest BCUT2D eigenvalue weighted by atomic mass is 10.2. The van der Waals surface area contributed by atoms with Gasteiger partial charge in [-0.25, -0.2) is 0 Å². The second-order valence-corrected chi connectivity index (χ2v) is 2.34. The molecule has 15 heavy (non-hydrogen) atoms. The molecule has 0 atom stereocenters. The minimum atomic E-state index is 1.14. The van der Waals surface area contributed by atoms with E-state index in [0.29, 0.717) is 0 Å². The summed E-state index contributed by atoms with van der Waals surface area (Å²) in [5, 5.41) is 16.1. The second-order valence-electron chi connectivity index (χ2n) is 2.34. The van der Waals surface area contributed by atoms with Gasteiger partial charge in [-0.2, -0.15) is 5.26 Å². The van der Waals surface area contributed by atoms with Crippen LogP contribution in [0.1, 0.15) is 5.56 Å². The van der Waals surface area contributed by atoms with E-state index in [1.54, 1.807) is 6.08 Å². The Morgan fingerprint density at radius 3 is 2.40 bits per heavy atom. The number of nitriles is 1. The average molecular weight is 202 g/mol. The normalized spacial score (nSPS) is 9.27. The maximum absolute atomic E-state index is 8.19. The highest BCUT2D eigenvalue weighted by molar-refractivity contribution is 5.50. The van der Waals surface area contributed by atoms with Gasteiger partial charge in [0, 0.05) is 6.08 Å². The minimum Gasteiger partial charge on any atom is -0.379 e. The van der Waals surface area contributed by atoms with Crippen molar-refractivity contribution in [1.82, 2.24) is 0 Å². The molecule has 0 aliphatic carbocycles. The Morgan fingerprint density at radius 1 is 1.27 bits per heavy atom. The predicted molar refractivity (Wildman–Crippen MR) is 57.8 cm³/mol. The number of benzene rings is 1. The maximum Gasteiger partial charge on any atom is 0.152 e. The highest BCUT2D eigenvalue weighted by Gasteiger charge is 1.78. The van der Waals surface area contributed by atoms with E-state index >= 15 is 0 Å². The molecule has 0 radical (unpaired) electrons. The second kappa shape index (κ2) is 9.68. The van der Waals surface area contributed by atoms with E-state index in [0.717, 1.165) is 5.56 Å². The minimum absolute atomic E-state index is 1.14. The molecule has 1 N–H and O–H groups in total. The molecule has 1 aromatic carbocycles. The Labute approximate surface area is 87.7 Å². The first-order valence-corrected chi connectivity index (χ1v) is 4.09. The number of hydrogen-bond donors (Lipinski definition) is 1. The molecule has 0 spiro atoms. The molecule has 0 heterocycles. The highest BCUT2D eigenvalue weighted by atomic mass is 16.6. The van der Waals surface area contributed by atoms with E-state index in [-0.39, 0.29) is 0 Å². The predicted octanol–water partition coefficient (Wildman–Crippen LogP) is 2.92. The summed E-state index contributed by atoms with van der Waals surface area (Å²) in [6.45, 7) is 0. The lowest BCUT2D eigenvalue weighted by molar-refractivity contribution is 0.312. The van der Waals surface area contributed by atoms with Crippen LogP contribution in [-0.4, -0.2) is 5.21 Å². The summed E-state index contributed by atoms with van der Waals surface area (Å²) in [7, 11) is 0. The molecule has 0 aromatic heterocycles. The Kier molecular flexibility index (Phi) is 8.12. The summed E-state index contributed by atoms with van der Waals surface area (Å²) in [6.07, 6.45) is 6.96. The van der Waals surface area contributed by atoms with Gasteiger partial charge in [0.1, 0.15) is 0 Å². The number of hydrogen-bond acceptors (Lipinski definition) is 3. The molecular formula is C11H10N2O2. The van der Waals surface area contributed by atoms with Gasteiger partial charge in [-0.3, -0.25) is 0 Å². The van der Waals surface area contributed by atoms with E-state index < -0.39 is 0 Å². The van der Waals surface area contributed by atoms with Gasteiger partial charge in [-0.05, 0) is 5.56 Å². The van der Waals surface area contributed by atoms with E-state index in [4.69, 9.17) is 15.4 Å². The summed E-state index contributed by atoms with van der Waals surface area (Å²) in [4.78, 5) is 8.11. The summed E-state index contributed by atoms with van der Waals surface area (Å²) in [5.74, 6) is 0. The van der Waals surface area contributed by atoms with Crippen LogP contribution in [0.25, 0.3) is 6.08 Å². The smallest absolute Gasteiger partial charge is 0.152 e. The van der Waals surface area contributed by atoms with Crippen molar-refractivity contribution in [3.8, 4) is 6.07 Å². The third kappa shape index (κ3) is 7.94. The molecule has 0 bridgehead atoms. The van der Waals surface area contributed by atoms with Crippen LogP contribution in [0.3, 0.4) is 0 Å². The molecule has 0 amide bonds. The van der Waals surface area contributed by atoms with Gasteiger partial charge in [-0.1, -0.05) is 48.6 Å². The molecule has 0 saturated heterocycles. The van der Waals surface area contributed by atoms with Crippen LogP contribution in [0.2, 0.25) is 0 Å². The van der Waals surface area contributed by atoms with Crippen LogP contribution in [0, 0.1) is 16.2 Å². The lowest BCUT2D eigenvalue weighted by Crippen LogP contribution is -1.66. The fourth-order valence-corrected chi connectivity index (χ4v) is 0.829. The zero-order valence-electron chi connectivity index (χ0n) is 7.95. The van der Waals surface area contributed by atoms with Crippen LogP contribution < -0.4 is 0 Å². The topological polar surface area (TPSA) is 73.5 Å². The first kappa shape index (κ1) is 12.6. The molecule has 0 unspecified atom stereocenters. The molecule has 0 fully saturated rings. The summed E-state index contributed by atoms with van der Waals surface area (Å²) in [6, 6.07) is 11.9. The van der Waals surface area contributed by atoms with Crippen molar-refractivity contribution in [2.45, 2.75) is 0 Å². The van der Waals surface area contributed by atoms with Crippen molar-refractivity contribution < 1.29 is 5.21 Å². The van der Waals surface area contributed by atoms with Crippen molar-refractivity contribution >= 4 is 6.08 Å². The molecule has 76 valence electrons. The highest BCUT2D eigenvalue weighted by Crippen LogP contribution is 2.00. The molecule has 4 nitrogen and oxygen atoms in total. The van der Waals surface area contributed by atoms with E-state index in [1.165, 1.54) is 11.4 Å². The Balaban J connectivity index is 0.000000583. The maximum atomic E-state index is 8.19. The van der Waals surface area contributed by atoms with Gasteiger partial charge in [0.25, 0.3) is 0 Å². The summed E-state index contributed by atoms with van der Waals surface area (Å²) < 4.78 is 0. The Hall–Kier alpha value is -2.41. The molecule has 0 aliphatic heterocycles. The molecule has 1 aromatic rings. The van der Waals surface area contributed by atoms with Crippen LogP contribution in [0.5, 0.6) is 0 Å². The largest absolute Gasteiger partial charge is 0.379 e. The standard InChI is InChI=1S/C11H9N.HNO2/c12-10-6-2-5-9-11-7-3-1-4-8-11;2-1-3/h1-9H;(H,2,3). The number of allylic oxidation sites excluding steroid dienone is 3. The first-order chi connectivity index (χ1) is 7.35. The van der Waals surface area contributed by atoms with Gasteiger partial charge in [-0.15, -0.1) is 4.91 Å². The van der Waals surface area contributed by atoms with E-state index in [9.17, 15) is 0 Å². The fraction of sp³-hybridized carbons (Fsp3) is 0. The zero-order chi connectivity index (χ0) is 11.4. The average Bonchev–Trinajstić information content (AvgIpc) is 2.27. The van der Waals surface area contributed by atoms with Crippen LogP contribution in [-0.2, 0) is 0 Å². The van der Waals surface area contributed by atoms with Crippen LogP contribution in [0.4, 0.5) is 0 Å². The molecule has 0 saturated carbocycles. The van der Waals surface area contributed by atoms with Gasteiger partial charge in [0.2, 0.25) is 0 Å². The molecular weight excluding hydrogens is 192 g/mol. The molecule has 4 heteroatoms. The quantitative estimate of drug-likeness (QED) is 0.347. The number of rotatable bonds is 2. The first-order valence-electron chi connectivity index (χ1n) is 4.09. The summed E-state index contributed by atoms with van der Waals surface area (Å²) in [5.41, 5.74) is 1.14. The third-order valence-electron chi connectivity index (χ3n) is 1.37. The van der Waals surface area contributed by atoms with E-state index in [1.807, 2.05) is 48.6 Å². The Bertz CT molecular complexity index is 364. The van der Waals surface area contributed by atoms with Crippen molar-refractivity contribution in [3.63, 3.8) is 0 Å². The molecule has 1 rings (SSSR count). The summed E-state index contributed by atoms with van der Waals surface area (Å²) >= 11 is 0. The van der Waals surface area contributed by atoms with Crippen LogP contribution >= 0.6 is 0 Å². The van der Waals surface area contributed by atoms with Crippen molar-refractivity contribution in [1.29, 1.82) is 5.26 Å². The van der Waals surface area contributed by atoms with Gasteiger partial charge < -0.3 is 5.21 Å².